The van der Waals surface area contributed by atoms with Crippen LogP contribution in [0.25, 0.3) is 54.6 Å². The van der Waals surface area contributed by atoms with Crippen molar-refractivity contribution >= 4 is 49.4 Å². The van der Waals surface area contributed by atoms with Gasteiger partial charge < -0.3 is 30.4 Å². The van der Waals surface area contributed by atoms with Crippen molar-refractivity contribution in [1.29, 1.82) is 0 Å². The highest BCUT2D eigenvalue weighted by molar-refractivity contribution is 6.25. The number of phenolic OH excluding ortho intramolecular Hbond substituents is 5. The third-order valence-corrected chi connectivity index (χ3v) is 11.8. The van der Waals surface area contributed by atoms with Crippen LogP contribution in [0, 0.1) is 0 Å². The van der Waals surface area contributed by atoms with Crippen LogP contribution in [0.2, 0.25) is 0 Å². The Labute approximate surface area is 315 Å². The summed E-state index contributed by atoms with van der Waals surface area (Å²) in [6.07, 6.45) is 0. The molecule has 0 fully saturated rings. The van der Waals surface area contributed by atoms with E-state index in [0.717, 1.165) is 76.8 Å². The lowest BCUT2D eigenvalue weighted by Gasteiger charge is -2.32. The second-order valence-corrected chi connectivity index (χ2v) is 14.4. The molecule has 0 saturated carbocycles. The maximum absolute atomic E-state index is 11.6. The molecule has 0 amide bonds. The average Bonchev–Trinajstić information content (AvgIpc) is 3.71. The van der Waals surface area contributed by atoms with E-state index in [1.54, 1.807) is 4.90 Å². The average molecular weight is 714 g/mol. The van der Waals surface area contributed by atoms with E-state index in [1.165, 1.54) is 0 Å². The molecule has 6 heteroatoms. The zero-order valence-electron chi connectivity index (χ0n) is 29.2. The van der Waals surface area contributed by atoms with Crippen molar-refractivity contribution in [3.8, 4) is 51.0 Å². The maximum Gasteiger partial charge on any atom is 0.208 e. The summed E-state index contributed by atoms with van der Waals surface area (Å²) in [7, 11) is 0. The van der Waals surface area contributed by atoms with Gasteiger partial charge in [-0.2, -0.15) is 0 Å². The molecule has 5 N–H and O–H groups in total. The van der Waals surface area contributed by atoms with E-state index in [0.29, 0.717) is 11.4 Å². The Morgan fingerprint density at radius 2 is 0.673 bits per heavy atom. The van der Waals surface area contributed by atoms with Crippen molar-refractivity contribution in [3.05, 3.63) is 180 Å². The molecule has 262 valence electrons. The minimum Gasteiger partial charge on any atom is -0.503 e. The van der Waals surface area contributed by atoms with Crippen LogP contribution >= 0.6 is 0 Å². The highest BCUT2D eigenvalue weighted by atomic mass is 16.4. The van der Waals surface area contributed by atoms with Gasteiger partial charge in [-0.3, -0.25) is 0 Å². The number of hydrogen-bond acceptors (Lipinski definition) is 6. The second kappa shape index (κ2) is 11.0. The lowest BCUT2D eigenvalue weighted by atomic mass is 9.70. The van der Waals surface area contributed by atoms with Gasteiger partial charge in [0, 0.05) is 11.4 Å². The molecule has 9 aromatic rings. The van der Waals surface area contributed by atoms with Crippen LogP contribution in [0.15, 0.2) is 158 Å². The summed E-state index contributed by atoms with van der Waals surface area (Å²) in [5.74, 6) is -4.48. The standard InChI is InChI=1S/C49H31NO5/c51-44-43(45(52)47(54)48(55)46(44)53)50(27-21-23-33-31-13-2-1-11-29(31)30-12-3-4-14-32(30)38(33)25-27)28-22-24-37-36-17-7-10-20-41(36)49(42(37)26-28)39-18-8-5-15-34(39)35-16-6-9-19-40(35)49/h1-26,51-55H. The first kappa shape index (κ1) is 31.1. The molecular weight excluding hydrogens is 683 g/mol. The van der Waals surface area contributed by atoms with Gasteiger partial charge in [-0.15, -0.1) is 0 Å². The SMILES string of the molecule is Oc1c(O)c(O)c(N(c2ccc3c(c2)C2(c4ccccc4-c4ccccc42)c2ccccc2-3)c2ccc3c4ccccc4c4ccccc4c3c2)c(O)c1O. The highest BCUT2D eigenvalue weighted by Gasteiger charge is 2.51. The smallest absolute Gasteiger partial charge is 0.208 e. The number of rotatable bonds is 3. The molecule has 0 heterocycles. The van der Waals surface area contributed by atoms with Crippen molar-refractivity contribution in [3.63, 3.8) is 0 Å². The Kier molecular flexibility index (Phi) is 6.25. The fourth-order valence-corrected chi connectivity index (χ4v) is 9.55. The predicted octanol–water partition coefficient (Wildman–Crippen LogP) is 11.5. The number of nitrogens with zero attached hydrogens (tertiary/aromatic N) is 1. The van der Waals surface area contributed by atoms with Crippen LogP contribution < -0.4 is 4.90 Å². The lowest BCUT2D eigenvalue weighted by Crippen LogP contribution is -2.26. The van der Waals surface area contributed by atoms with Crippen LogP contribution in [-0.2, 0) is 5.41 Å². The molecule has 0 bridgehead atoms. The first-order valence-corrected chi connectivity index (χ1v) is 18.2. The molecular formula is C49H31NO5. The van der Waals surface area contributed by atoms with E-state index in [2.05, 4.69) is 109 Å². The van der Waals surface area contributed by atoms with Crippen LogP contribution in [0.5, 0.6) is 28.7 Å². The largest absolute Gasteiger partial charge is 0.503 e. The zero-order chi connectivity index (χ0) is 37.2. The second-order valence-electron chi connectivity index (χ2n) is 14.4. The van der Waals surface area contributed by atoms with Gasteiger partial charge in [-0.05, 0) is 101 Å². The Bertz CT molecular complexity index is 3000. The van der Waals surface area contributed by atoms with Crippen molar-refractivity contribution < 1.29 is 25.5 Å². The molecule has 0 radical (unpaired) electrons. The zero-order valence-corrected chi connectivity index (χ0v) is 29.2. The Morgan fingerprint density at radius 1 is 0.309 bits per heavy atom. The summed E-state index contributed by atoms with van der Waals surface area (Å²) < 4.78 is 0. The van der Waals surface area contributed by atoms with Gasteiger partial charge >= 0.3 is 0 Å². The van der Waals surface area contributed by atoms with Gasteiger partial charge in [0.1, 0.15) is 5.69 Å². The molecule has 0 saturated heterocycles. The fourth-order valence-electron chi connectivity index (χ4n) is 9.55. The van der Waals surface area contributed by atoms with Gasteiger partial charge in [-0.1, -0.05) is 133 Å². The summed E-state index contributed by atoms with van der Waals surface area (Å²) in [4.78, 5) is 1.64. The van der Waals surface area contributed by atoms with Crippen LogP contribution in [0.4, 0.5) is 17.1 Å². The normalized spacial score (nSPS) is 13.2. The van der Waals surface area contributed by atoms with E-state index in [1.807, 2.05) is 48.5 Å². The number of aromatic hydroxyl groups is 5. The molecule has 55 heavy (non-hydrogen) atoms. The van der Waals surface area contributed by atoms with E-state index in [4.69, 9.17) is 0 Å². The van der Waals surface area contributed by atoms with Crippen molar-refractivity contribution in [2.45, 2.75) is 5.41 Å². The number of fused-ring (bicyclic) bond motifs is 16. The van der Waals surface area contributed by atoms with E-state index in [9.17, 15) is 25.5 Å². The number of anilines is 3. The molecule has 0 aliphatic heterocycles. The van der Waals surface area contributed by atoms with Gasteiger partial charge in [0.25, 0.3) is 0 Å². The summed E-state index contributed by atoms with van der Waals surface area (Å²) in [6.45, 7) is 0. The Balaban J connectivity index is 1.24. The first-order valence-electron chi connectivity index (χ1n) is 18.2. The van der Waals surface area contributed by atoms with E-state index >= 15 is 0 Å². The monoisotopic (exact) mass is 713 g/mol. The molecule has 2 aliphatic rings. The third-order valence-electron chi connectivity index (χ3n) is 11.8. The van der Waals surface area contributed by atoms with Crippen molar-refractivity contribution in [2.24, 2.45) is 0 Å². The number of benzene rings is 9. The molecule has 0 atom stereocenters. The Morgan fingerprint density at radius 3 is 1.18 bits per heavy atom. The minimum absolute atomic E-state index is 0.283. The maximum atomic E-state index is 11.6. The summed E-state index contributed by atoms with van der Waals surface area (Å²) in [5.41, 5.74) is 9.06. The fraction of sp³-hybridized carbons (Fsp3) is 0.0204. The van der Waals surface area contributed by atoms with Gasteiger partial charge in [-0.25, -0.2) is 0 Å². The first-order chi connectivity index (χ1) is 26.9. The molecule has 6 nitrogen and oxygen atoms in total. The minimum atomic E-state index is -1.02. The van der Waals surface area contributed by atoms with E-state index < -0.39 is 34.2 Å². The molecule has 2 aliphatic carbocycles. The summed E-state index contributed by atoms with van der Waals surface area (Å²) in [5, 5.41) is 61.8. The summed E-state index contributed by atoms with van der Waals surface area (Å²) in [6, 6.07) is 53.9. The van der Waals surface area contributed by atoms with Crippen molar-refractivity contribution in [1.82, 2.24) is 0 Å². The van der Waals surface area contributed by atoms with Crippen LogP contribution in [0.3, 0.4) is 0 Å². The highest BCUT2D eigenvalue weighted by Crippen LogP contribution is 2.64. The van der Waals surface area contributed by atoms with Gasteiger partial charge in [0.05, 0.1) is 5.41 Å². The molecule has 11 rings (SSSR count). The number of hydrogen-bond donors (Lipinski definition) is 5. The molecule has 9 aromatic carbocycles. The number of phenols is 5. The van der Waals surface area contributed by atoms with Crippen molar-refractivity contribution in [2.75, 3.05) is 4.90 Å². The predicted molar refractivity (Wildman–Crippen MR) is 218 cm³/mol. The van der Waals surface area contributed by atoms with Gasteiger partial charge in [0.2, 0.25) is 17.2 Å². The summed E-state index contributed by atoms with van der Waals surface area (Å²) >= 11 is 0. The van der Waals surface area contributed by atoms with Crippen LogP contribution in [0.1, 0.15) is 22.3 Å². The quantitative estimate of drug-likeness (QED) is 0.0709. The molecule has 1 spiro atoms. The lowest BCUT2D eigenvalue weighted by molar-refractivity contribution is 0.329. The van der Waals surface area contributed by atoms with Crippen LogP contribution in [-0.4, -0.2) is 25.5 Å². The third kappa shape index (κ3) is 3.92. The molecule has 0 aromatic heterocycles. The van der Waals surface area contributed by atoms with E-state index in [-0.39, 0.29) is 5.69 Å². The Hall–Kier alpha value is -7.44. The van der Waals surface area contributed by atoms with Gasteiger partial charge in [0.15, 0.2) is 11.5 Å². The topological polar surface area (TPSA) is 104 Å². The molecule has 0 unspecified atom stereocenters.